The highest BCUT2D eigenvalue weighted by atomic mass is 16.5. The average molecular weight is 393 g/mol. The second kappa shape index (κ2) is 11.6. The van der Waals surface area contributed by atoms with Crippen molar-refractivity contribution in [1.29, 1.82) is 0 Å². The summed E-state index contributed by atoms with van der Waals surface area (Å²) in [5, 5.41) is 6.79. The molecule has 1 fully saturated rings. The molecule has 1 aromatic carbocycles. The lowest BCUT2D eigenvalue weighted by Crippen LogP contribution is -2.39. The quantitative estimate of drug-likeness (QED) is 0.497. The van der Waals surface area contributed by atoms with Gasteiger partial charge in [-0.1, -0.05) is 6.92 Å². The van der Waals surface area contributed by atoms with Crippen LogP contribution in [0.15, 0.2) is 17.1 Å². The number of nitrogens with one attached hydrogen (secondary N) is 2. The van der Waals surface area contributed by atoms with Crippen molar-refractivity contribution in [3.05, 3.63) is 17.7 Å². The van der Waals surface area contributed by atoms with Crippen molar-refractivity contribution in [1.82, 2.24) is 15.5 Å². The van der Waals surface area contributed by atoms with E-state index in [0.717, 1.165) is 24.0 Å². The van der Waals surface area contributed by atoms with E-state index < -0.39 is 0 Å². The minimum Gasteiger partial charge on any atom is -0.493 e. The van der Waals surface area contributed by atoms with Crippen LogP contribution in [0.4, 0.5) is 0 Å². The molecule has 0 radical (unpaired) electrons. The van der Waals surface area contributed by atoms with Gasteiger partial charge in [0.25, 0.3) is 0 Å². The van der Waals surface area contributed by atoms with Crippen LogP contribution in [-0.2, 0) is 6.54 Å². The second-order valence-electron chi connectivity index (χ2n) is 7.05. The molecule has 1 heterocycles. The molecule has 158 valence electrons. The summed E-state index contributed by atoms with van der Waals surface area (Å²) in [6.45, 7) is 7.43. The largest absolute Gasteiger partial charge is 0.493 e. The van der Waals surface area contributed by atoms with Crippen LogP contribution in [0.5, 0.6) is 17.2 Å². The molecule has 0 aromatic heterocycles. The first-order valence-electron chi connectivity index (χ1n) is 10.1. The molecule has 1 aliphatic heterocycles. The number of benzene rings is 1. The van der Waals surface area contributed by atoms with Gasteiger partial charge in [0.2, 0.25) is 5.75 Å². The first-order chi connectivity index (χ1) is 13.6. The van der Waals surface area contributed by atoms with E-state index in [-0.39, 0.29) is 0 Å². The van der Waals surface area contributed by atoms with Gasteiger partial charge in [-0.05, 0) is 62.5 Å². The maximum Gasteiger partial charge on any atom is 0.203 e. The van der Waals surface area contributed by atoms with Crippen LogP contribution in [0.2, 0.25) is 0 Å². The Hall–Kier alpha value is -2.15. The van der Waals surface area contributed by atoms with Crippen molar-refractivity contribution in [2.45, 2.75) is 32.7 Å². The Morgan fingerprint density at radius 1 is 1.07 bits per heavy atom. The molecule has 7 nitrogen and oxygen atoms in total. The van der Waals surface area contributed by atoms with Crippen LogP contribution < -0.4 is 24.8 Å². The minimum absolute atomic E-state index is 0.602. The molecule has 0 amide bonds. The molecular formula is C21H36N4O3. The van der Waals surface area contributed by atoms with Crippen molar-refractivity contribution < 1.29 is 14.2 Å². The summed E-state index contributed by atoms with van der Waals surface area (Å²) in [6.07, 6.45) is 3.78. The van der Waals surface area contributed by atoms with Gasteiger partial charge >= 0.3 is 0 Å². The molecule has 0 aliphatic carbocycles. The third kappa shape index (κ3) is 6.19. The molecule has 7 heteroatoms. The number of guanidine groups is 1. The summed E-state index contributed by atoms with van der Waals surface area (Å²) in [4.78, 5) is 6.86. The first-order valence-corrected chi connectivity index (χ1v) is 10.1. The van der Waals surface area contributed by atoms with Gasteiger partial charge in [0, 0.05) is 20.1 Å². The summed E-state index contributed by atoms with van der Waals surface area (Å²) in [7, 11) is 6.65. The van der Waals surface area contributed by atoms with Crippen LogP contribution >= 0.6 is 0 Å². The standard InChI is InChI=1S/C21H36N4O3/c1-6-25-11-8-16(9-12-25)7-10-23-21(22-2)24-15-17-13-18(26-3)20(28-5)19(14-17)27-4/h13-14,16H,6-12,15H2,1-5H3,(H2,22,23,24). The summed E-state index contributed by atoms with van der Waals surface area (Å²) in [6, 6.07) is 3.90. The lowest BCUT2D eigenvalue weighted by atomic mass is 9.93. The number of hydrogen-bond acceptors (Lipinski definition) is 5. The van der Waals surface area contributed by atoms with Gasteiger partial charge in [-0.3, -0.25) is 4.99 Å². The molecule has 0 spiro atoms. The molecule has 1 aliphatic rings. The maximum absolute atomic E-state index is 5.42. The number of ether oxygens (including phenoxy) is 3. The minimum atomic E-state index is 0.602. The summed E-state index contributed by atoms with van der Waals surface area (Å²) in [5.74, 6) is 3.52. The van der Waals surface area contributed by atoms with E-state index in [1.807, 2.05) is 12.1 Å². The Kier molecular flexibility index (Phi) is 9.20. The van der Waals surface area contributed by atoms with Crippen molar-refractivity contribution in [3.63, 3.8) is 0 Å². The molecule has 28 heavy (non-hydrogen) atoms. The van der Waals surface area contributed by atoms with Crippen LogP contribution in [0.25, 0.3) is 0 Å². The maximum atomic E-state index is 5.42. The Morgan fingerprint density at radius 3 is 2.21 bits per heavy atom. The monoisotopic (exact) mass is 392 g/mol. The molecular weight excluding hydrogens is 356 g/mol. The zero-order valence-corrected chi connectivity index (χ0v) is 18.0. The van der Waals surface area contributed by atoms with E-state index in [9.17, 15) is 0 Å². The number of aliphatic imine (C=N–C) groups is 1. The van der Waals surface area contributed by atoms with Gasteiger partial charge in [-0.25, -0.2) is 0 Å². The van der Waals surface area contributed by atoms with Crippen LogP contribution in [0.3, 0.4) is 0 Å². The Morgan fingerprint density at radius 2 is 1.71 bits per heavy atom. The Bertz CT molecular complexity index is 603. The van der Waals surface area contributed by atoms with Gasteiger partial charge in [0.05, 0.1) is 21.3 Å². The predicted molar refractivity (Wildman–Crippen MR) is 114 cm³/mol. The lowest BCUT2D eigenvalue weighted by molar-refractivity contribution is 0.187. The van der Waals surface area contributed by atoms with Crippen molar-refractivity contribution in [2.75, 3.05) is 54.6 Å². The predicted octanol–water partition coefficient (Wildman–Crippen LogP) is 2.50. The van der Waals surface area contributed by atoms with E-state index >= 15 is 0 Å². The molecule has 1 aromatic rings. The fraction of sp³-hybridized carbons (Fsp3) is 0.667. The summed E-state index contributed by atoms with van der Waals surface area (Å²) < 4.78 is 16.2. The van der Waals surface area contributed by atoms with Crippen LogP contribution in [0.1, 0.15) is 31.7 Å². The zero-order chi connectivity index (χ0) is 20.4. The summed E-state index contributed by atoms with van der Waals surface area (Å²) >= 11 is 0. The van der Waals surface area contributed by atoms with Crippen molar-refractivity contribution in [2.24, 2.45) is 10.9 Å². The highest BCUT2D eigenvalue weighted by Crippen LogP contribution is 2.38. The normalized spacial score (nSPS) is 16.0. The molecule has 2 rings (SSSR count). The zero-order valence-electron chi connectivity index (χ0n) is 18.0. The summed E-state index contributed by atoms with van der Waals surface area (Å²) in [5.41, 5.74) is 1.03. The van der Waals surface area contributed by atoms with Gasteiger partial charge < -0.3 is 29.7 Å². The smallest absolute Gasteiger partial charge is 0.203 e. The first kappa shape index (κ1) is 22.1. The number of rotatable bonds is 9. The molecule has 0 bridgehead atoms. The number of nitrogens with zero attached hydrogens (tertiary/aromatic N) is 2. The van der Waals surface area contributed by atoms with E-state index in [1.54, 1.807) is 28.4 Å². The number of piperidine rings is 1. The Balaban J connectivity index is 1.82. The fourth-order valence-corrected chi connectivity index (χ4v) is 3.63. The van der Waals surface area contributed by atoms with Crippen LogP contribution in [0, 0.1) is 5.92 Å². The fourth-order valence-electron chi connectivity index (χ4n) is 3.63. The van der Waals surface area contributed by atoms with Gasteiger partial charge in [-0.15, -0.1) is 0 Å². The van der Waals surface area contributed by atoms with Gasteiger partial charge in [-0.2, -0.15) is 0 Å². The second-order valence-corrected chi connectivity index (χ2v) is 7.05. The average Bonchev–Trinajstić information content (AvgIpc) is 2.75. The number of methoxy groups -OCH3 is 3. The molecule has 2 N–H and O–H groups in total. The number of hydrogen-bond donors (Lipinski definition) is 2. The van der Waals surface area contributed by atoms with E-state index in [4.69, 9.17) is 14.2 Å². The SMILES string of the molecule is CCN1CCC(CCNC(=NC)NCc2cc(OC)c(OC)c(OC)c2)CC1. The molecule has 1 saturated heterocycles. The van der Waals surface area contributed by atoms with E-state index in [2.05, 4.69) is 27.4 Å². The van der Waals surface area contributed by atoms with Gasteiger partial charge in [0.15, 0.2) is 17.5 Å². The highest BCUT2D eigenvalue weighted by molar-refractivity contribution is 5.79. The van der Waals surface area contributed by atoms with E-state index in [0.29, 0.717) is 23.8 Å². The van der Waals surface area contributed by atoms with Crippen LogP contribution in [-0.4, -0.2) is 65.4 Å². The van der Waals surface area contributed by atoms with E-state index in [1.165, 1.54) is 38.9 Å². The highest BCUT2D eigenvalue weighted by Gasteiger charge is 2.18. The van der Waals surface area contributed by atoms with Crippen molar-refractivity contribution >= 4 is 5.96 Å². The molecule has 0 saturated carbocycles. The molecule has 0 atom stereocenters. The van der Waals surface area contributed by atoms with Gasteiger partial charge in [0.1, 0.15) is 0 Å². The molecule has 0 unspecified atom stereocenters. The lowest BCUT2D eigenvalue weighted by Gasteiger charge is -2.31. The van der Waals surface area contributed by atoms with Crippen molar-refractivity contribution in [3.8, 4) is 17.2 Å². The topological polar surface area (TPSA) is 67.4 Å². The third-order valence-corrected chi connectivity index (χ3v) is 5.41. The Labute approximate surface area is 169 Å². The number of likely N-dealkylation sites (tertiary alicyclic amines) is 1. The third-order valence-electron chi connectivity index (χ3n) is 5.41.